The van der Waals surface area contributed by atoms with Crippen LogP contribution in [0.2, 0.25) is 0 Å². The van der Waals surface area contributed by atoms with Gasteiger partial charge in [-0.25, -0.2) is 0 Å². The summed E-state index contributed by atoms with van der Waals surface area (Å²) in [5.41, 5.74) is 6.68. The number of aromatic amines is 1. The molecule has 0 saturated carbocycles. The molecular weight excluding hydrogens is 356 g/mol. The molecule has 1 aromatic heterocycles. The van der Waals surface area contributed by atoms with Gasteiger partial charge in [0.25, 0.3) is 5.91 Å². The van der Waals surface area contributed by atoms with E-state index in [-0.39, 0.29) is 11.9 Å². The smallest absolute Gasteiger partial charge is 0.251 e. The lowest BCUT2D eigenvalue weighted by Crippen LogP contribution is -2.31. The Morgan fingerprint density at radius 2 is 1.69 bits per heavy atom. The van der Waals surface area contributed by atoms with E-state index in [0.717, 1.165) is 28.9 Å². The summed E-state index contributed by atoms with van der Waals surface area (Å²) in [5, 5.41) is 1.19. The molecular formula is C26H22N2O. The van der Waals surface area contributed by atoms with Crippen LogP contribution in [0, 0.1) is 6.92 Å². The number of amides is 1. The summed E-state index contributed by atoms with van der Waals surface area (Å²) in [7, 11) is 0. The Labute approximate surface area is 170 Å². The number of nitrogens with zero attached hydrogens (tertiary/aromatic N) is 1. The van der Waals surface area contributed by atoms with Crippen molar-refractivity contribution < 1.29 is 4.79 Å². The first kappa shape index (κ1) is 17.5. The number of benzene rings is 3. The van der Waals surface area contributed by atoms with Crippen LogP contribution >= 0.6 is 0 Å². The lowest BCUT2D eigenvalue weighted by Gasteiger charge is -2.25. The molecule has 1 unspecified atom stereocenters. The third-order valence-electron chi connectivity index (χ3n) is 5.71. The van der Waals surface area contributed by atoms with E-state index in [4.69, 9.17) is 0 Å². The molecule has 1 amide bonds. The van der Waals surface area contributed by atoms with E-state index in [1.54, 1.807) is 6.08 Å². The summed E-state index contributed by atoms with van der Waals surface area (Å²) in [5.74, 6) is 0.00786. The lowest BCUT2D eigenvalue weighted by molar-refractivity contribution is -0.114. The zero-order valence-electron chi connectivity index (χ0n) is 16.3. The zero-order chi connectivity index (χ0) is 19.8. The molecule has 142 valence electrons. The second-order valence-electron chi connectivity index (χ2n) is 7.51. The van der Waals surface area contributed by atoms with Crippen LogP contribution in [0.3, 0.4) is 0 Å². The zero-order valence-corrected chi connectivity index (χ0v) is 16.3. The molecule has 0 spiro atoms. The second kappa shape index (κ2) is 7.10. The van der Waals surface area contributed by atoms with Crippen LogP contribution in [0.15, 0.2) is 84.9 Å². The summed E-state index contributed by atoms with van der Waals surface area (Å²) in [6.45, 7) is 2.10. The van der Waals surface area contributed by atoms with Crippen LogP contribution in [0.5, 0.6) is 0 Å². The van der Waals surface area contributed by atoms with Crippen LogP contribution in [0.1, 0.15) is 28.4 Å². The van der Waals surface area contributed by atoms with Crippen molar-refractivity contribution in [1.82, 2.24) is 4.98 Å². The number of fused-ring (bicyclic) bond motifs is 2. The number of H-pyrrole nitrogens is 1. The van der Waals surface area contributed by atoms with Crippen molar-refractivity contribution in [3.05, 3.63) is 107 Å². The van der Waals surface area contributed by atoms with Crippen LogP contribution < -0.4 is 4.90 Å². The average molecular weight is 378 g/mol. The first-order valence-electron chi connectivity index (χ1n) is 9.94. The van der Waals surface area contributed by atoms with Gasteiger partial charge in [-0.3, -0.25) is 4.79 Å². The van der Waals surface area contributed by atoms with Crippen LogP contribution in [0.25, 0.3) is 17.0 Å². The van der Waals surface area contributed by atoms with Crippen molar-refractivity contribution in [3.63, 3.8) is 0 Å². The molecule has 0 bridgehead atoms. The number of anilines is 1. The van der Waals surface area contributed by atoms with Crippen molar-refractivity contribution >= 4 is 28.6 Å². The molecule has 0 aliphatic carbocycles. The van der Waals surface area contributed by atoms with E-state index < -0.39 is 0 Å². The highest BCUT2D eigenvalue weighted by Crippen LogP contribution is 2.43. The molecule has 3 heteroatoms. The first-order valence-corrected chi connectivity index (χ1v) is 9.94. The molecule has 1 N–H and O–H groups in total. The SMILES string of the molecule is Cc1[nH]c2ccccc2c1C1Cc2ccccc2N1C(=O)/C=C\c1ccccc1. The molecule has 1 atom stereocenters. The molecule has 0 saturated heterocycles. The number of nitrogens with one attached hydrogen (secondary N) is 1. The predicted molar refractivity (Wildman–Crippen MR) is 119 cm³/mol. The quantitative estimate of drug-likeness (QED) is 0.448. The number of aromatic nitrogens is 1. The van der Waals surface area contributed by atoms with E-state index in [1.807, 2.05) is 65.6 Å². The maximum atomic E-state index is 13.4. The van der Waals surface area contributed by atoms with Crippen molar-refractivity contribution in [2.24, 2.45) is 0 Å². The lowest BCUT2D eigenvalue weighted by atomic mass is 9.99. The Bertz CT molecular complexity index is 1220. The number of carbonyl (C=O) groups is 1. The van der Waals surface area contributed by atoms with E-state index in [9.17, 15) is 4.79 Å². The first-order chi connectivity index (χ1) is 14.2. The van der Waals surface area contributed by atoms with E-state index >= 15 is 0 Å². The van der Waals surface area contributed by atoms with Gasteiger partial charge in [-0.2, -0.15) is 0 Å². The molecule has 1 aliphatic rings. The number of hydrogen-bond acceptors (Lipinski definition) is 1. The highest BCUT2D eigenvalue weighted by molar-refractivity contribution is 6.06. The highest BCUT2D eigenvalue weighted by Gasteiger charge is 2.35. The van der Waals surface area contributed by atoms with Crippen LogP contribution in [-0.2, 0) is 11.2 Å². The number of hydrogen-bond donors (Lipinski definition) is 1. The topological polar surface area (TPSA) is 36.1 Å². The fraction of sp³-hybridized carbons (Fsp3) is 0.115. The number of aryl methyl sites for hydroxylation is 1. The standard InChI is InChI=1S/C26H22N2O/c1-18-26(21-12-6-7-13-22(21)27-18)24-17-20-11-5-8-14-23(20)28(24)25(29)16-15-19-9-3-2-4-10-19/h2-16,24,27H,17H2,1H3/b16-15-. The minimum Gasteiger partial charge on any atom is -0.358 e. The number of rotatable bonds is 3. The van der Waals surface area contributed by atoms with Gasteiger partial charge in [-0.05, 0) is 42.7 Å². The van der Waals surface area contributed by atoms with Gasteiger partial charge in [-0.1, -0.05) is 66.7 Å². The van der Waals surface area contributed by atoms with Crippen molar-refractivity contribution in [3.8, 4) is 0 Å². The molecule has 0 fully saturated rings. The summed E-state index contributed by atoms with van der Waals surface area (Å²) in [6.07, 6.45) is 4.40. The number of carbonyl (C=O) groups excluding carboxylic acids is 1. The van der Waals surface area contributed by atoms with E-state index in [1.165, 1.54) is 16.5 Å². The molecule has 1 aliphatic heterocycles. The minimum atomic E-state index is -0.0172. The highest BCUT2D eigenvalue weighted by atomic mass is 16.2. The average Bonchev–Trinajstić information content (AvgIpc) is 3.29. The van der Waals surface area contributed by atoms with Crippen molar-refractivity contribution in [2.75, 3.05) is 4.90 Å². The van der Waals surface area contributed by atoms with Gasteiger partial charge in [0.15, 0.2) is 0 Å². The van der Waals surface area contributed by atoms with Crippen molar-refractivity contribution in [2.45, 2.75) is 19.4 Å². The Morgan fingerprint density at radius 1 is 0.966 bits per heavy atom. The molecule has 3 aromatic carbocycles. The van der Waals surface area contributed by atoms with E-state index in [2.05, 4.69) is 36.2 Å². The van der Waals surface area contributed by atoms with Gasteiger partial charge in [0.05, 0.1) is 6.04 Å². The van der Waals surface area contributed by atoms with Crippen LogP contribution in [0.4, 0.5) is 5.69 Å². The molecule has 4 aromatic rings. The maximum absolute atomic E-state index is 13.4. The molecule has 3 nitrogen and oxygen atoms in total. The number of para-hydroxylation sites is 2. The third kappa shape index (κ3) is 3.05. The van der Waals surface area contributed by atoms with Gasteiger partial charge in [0.2, 0.25) is 0 Å². The molecule has 5 rings (SSSR count). The summed E-state index contributed by atoms with van der Waals surface area (Å²) >= 11 is 0. The third-order valence-corrected chi connectivity index (χ3v) is 5.71. The molecule has 29 heavy (non-hydrogen) atoms. The predicted octanol–water partition coefficient (Wildman–Crippen LogP) is 5.82. The van der Waals surface area contributed by atoms with Gasteiger partial charge >= 0.3 is 0 Å². The Balaban J connectivity index is 1.59. The van der Waals surface area contributed by atoms with Crippen molar-refractivity contribution in [1.29, 1.82) is 0 Å². The molecule has 0 radical (unpaired) electrons. The monoisotopic (exact) mass is 378 g/mol. The van der Waals surface area contributed by atoms with Crippen LogP contribution in [-0.4, -0.2) is 10.9 Å². The minimum absolute atomic E-state index is 0.00786. The fourth-order valence-corrected chi connectivity index (χ4v) is 4.43. The normalized spacial score (nSPS) is 15.9. The second-order valence-corrected chi connectivity index (χ2v) is 7.51. The fourth-order valence-electron chi connectivity index (χ4n) is 4.43. The van der Waals surface area contributed by atoms with Gasteiger partial charge in [-0.15, -0.1) is 0 Å². The summed E-state index contributed by atoms with van der Waals surface area (Å²) in [6, 6.07) is 26.5. The van der Waals surface area contributed by atoms with Gasteiger partial charge in [0.1, 0.15) is 0 Å². The van der Waals surface area contributed by atoms with E-state index in [0.29, 0.717) is 0 Å². The summed E-state index contributed by atoms with van der Waals surface area (Å²) in [4.78, 5) is 18.8. The largest absolute Gasteiger partial charge is 0.358 e. The maximum Gasteiger partial charge on any atom is 0.251 e. The molecule has 2 heterocycles. The Morgan fingerprint density at radius 3 is 2.55 bits per heavy atom. The Hall–Kier alpha value is -3.59. The Kier molecular flexibility index (Phi) is 4.28. The van der Waals surface area contributed by atoms with Gasteiger partial charge in [0, 0.05) is 33.9 Å². The van der Waals surface area contributed by atoms with Gasteiger partial charge < -0.3 is 9.88 Å². The summed E-state index contributed by atoms with van der Waals surface area (Å²) < 4.78 is 0.